The van der Waals surface area contributed by atoms with Gasteiger partial charge in [-0.3, -0.25) is 4.79 Å². The van der Waals surface area contributed by atoms with Crippen LogP contribution in [0.4, 0.5) is 9.80 Å². The number of amides is 2. The van der Waals surface area contributed by atoms with Crippen molar-refractivity contribution in [3.8, 4) is 5.75 Å². The molecule has 2 aliphatic heterocycles. The molecule has 1 atom stereocenters. The van der Waals surface area contributed by atoms with Crippen LogP contribution in [0.1, 0.15) is 49.8 Å². The van der Waals surface area contributed by atoms with Gasteiger partial charge in [0.1, 0.15) is 16.9 Å². The summed E-state index contributed by atoms with van der Waals surface area (Å²) in [6, 6.07) is 13.4. The van der Waals surface area contributed by atoms with Crippen LogP contribution in [-0.2, 0) is 17.7 Å². The van der Waals surface area contributed by atoms with Crippen LogP contribution >= 0.6 is 22.9 Å². The fourth-order valence-electron chi connectivity index (χ4n) is 4.13. The summed E-state index contributed by atoms with van der Waals surface area (Å²) in [4.78, 5) is 40.1. The number of thiophene rings is 1. The van der Waals surface area contributed by atoms with Gasteiger partial charge in [0.05, 0.1) is 24.3 Å². The highest BCUT2D eigenvalue weighted by Crippen LogP contribution is 2.41. The van der Waals surface area contributed by atoms with E-state index in [1.807, 2.05) is 0 Å². The Labute approximate surface area is 210 Å². The molecule has 1 aromatic heterocycles. The molecule has 3 aromatic rings. The first kappa shape index (κ1) is 23.2. The van der Waals surface area contributed by atoms with Crippen LogP contribution in [0.25, 0.3) is 0 Å². The SMILES string of the molecule is CCOC(=O)N1CCc2c(sc3c2C(=O)N[C@@H](c2ccc(OC(=O)c4ccc(Cl)cc4)cc2)N3)C1. The Hall–Kier alpha value is -3.56. The number of carbonyl (C=O) groups excluding carboxylic acids is 3. The lowest BCUT2D eigenvalue weighted by Gasteiger charge is -2.28. The summed E-state index contributed by atoms with van der Waals surface area (Å²) < 4.78 is 10.5. The van der Waals surface area contributed by atoms with Gasteiger partial charge in [0.25, 0.3) is 5.91 Å². The van der Waals surface area contributed by atoms with Crippen LogP contribution in [-0.4, -0.2) is 36.0 Å². The lowest BCUT2D eigenvalue weighted by Crippen LogP contribution is -2.39. The number of hydrogen-bond donors (Lipinski definition) is 2. The van der Waals surface area contributed by atoms with Crippen molar-refractivity contribution >= 4 is 45.9 Å². The van der Waals surface area contributed by atoms with Gasteiger partial charge < -0.3 is 25.0 Å². The molecule has 0 spiro atoms. The van der Waals surface area contributed by atoms with E-state index in [0.717, 1.165) is 21.0 Å². The Morgan fingerprint density at radius 2 is 1.86 bits per heavy atom. The monoisotopic (exact) mass is 511 g/mol. The van der Waals surface area contributed by atoms with Crippen molar-refractivity contribution in [3.63, 3.8) is 0 Å². The quantitative estimate of drug-likeness (QED) is 0.378. The summed E-state index contributed by atoms with van der Waals surface area (Å²) in [5.41, 5.74) is 2.85. The van der Waals surface area contributed by atoms with Gasteiger partial charge >= 0.3 is 12.1 Å². The summed E-state index contributed by atoms with van der Waals surface area (Å²) >= 11 is 7.35. The zero-order chi connectivity index (χ0) is 24.5. The molecule has 0 radical (unpaired) electrons. The van der Waals surface area contributed by atoms with Crippen molar-refractivity contribution in [2.45, 2.75) is 26.1 Å². The average Bonchev–Trinajstić information content (AvgIpc) is 3.23. The van der Waals surface area contributed by atoms with Gasteiger partial charge in [-0.05, 0) is 60.9 Å². The number of rotatable bonds is 4. The van der Waals surface area contributed by atoms with Crippen LogP contribution in [0.5, 0.6) is 5.75 Å². The van der Waals surface area contributed by atoms with E-state index in [9.17, 15) is 14.4 Å². The number of ether oxygens (including phenoxy) is 2. The second-order valence-corrected chi connectivity index (χ2v) is 9.64. The fraction of sp³-hybridized carbons (Fsp3) is 0.240. The fourth-order valence-corrected chi connectivity index (χ4v) is 5.55. The molecule has 0 unspecified atom stereocenters. The molecule has 0 saturated carbocycles. The van der Waals surface area contributed by atoms with Gasteiger partial charge in [-0.25, -0.2) is 9.59 Å². The Morgan fingerprint density at radius 3 is 2.57 bits per heavy atom. The highest BCUT2D eigenvalue weighted by atomic mass is 35.5. The Morgan fingerprint density at radius 1 is 1.11 bits per heavy atom. The maximum Gasteiger partial charge on any atom is 0.410 e. The molecule has 10 heteroatoms. The summed E-state index contributed by atoms with van der Waals surface area (Å²) in [6.07, 6.45) is -0.165. The molecule has 180 valence electrons. The van der Waals surface area contributed by atoms with Gasteiger partial charge in [0, 0.05) is 16.4 Å². The molecule has 2 amide bonds. The molecule has 5 rings (SSSR count). The van der Waals surface area contributed by atoms with Gasteiger partial charge in [-0.1, -0.05) is 23.7 Å². The highest BCUT2D eigenvalue weighted by Gasteiger charge is 2.34. The molecule has 0 aliphatic carbocycles. The number of anilines is 1. The number of nitrogens with one attached hydrogen (secondary N) is 2. The van der Waals surface area contributed by atoms with E-state index in [1.165, 1.54) is 11.3 Å². The third-order valence-electron chi connectivity index (χ3n) is 5.86. The standard InChI is InChI=1S/C25H22ClN3O5S/c1-2-33-25(32)29-12-11-18-19(13-29)35-23-20(18)22(30)27-21(28-23)14-5-9-17(10-6-14)34-24(31)15-3-7-16(26)8-4-15/h3-10,21,28H,2,11-13H2,1H3,(H,27,30)/t21-/m1/s1. The number of carbonyl (C=O) groups is 3. The van der Waals surface area contributed by atoms with Crippen molar-refractivity contribution < 1.29 is 23.9 Å². The smallest absolute Gasteiger partial charge is 0.410 e. The Balaban J connectivity index is 1.28. The molecule has 2 N–H and O–H groups in total. The van der Waals surface area contributed by atoms with Crippen molar-refractivity contribution in [2.75, 3.05) is 18.5 Å². The lowest BCUT2D eigenvalue weighted by atomic mass is 10.0. The largest absolute Gasteiger partial charge is 0.450 e. The zero-order valence-electron chi connectivity index (χ0n) is 18.8. The molecular weight excluding hydrogens is 490 g/mol. The van der Waals surface area contributed by atoms with Gasteiger partial charge in [-0.2, -0.15) is 0 Å². The molecule has 0 bridgehead atoms. The molecule has 8 nitrogen and oxygen atoms in total. The number of nitrogens with zero attached hydrogens (tertiary/aromatic N) is 1. The zero-order valence-corrected chi connectivity index (χ0v) is 20.4. The minimum absolute atomic E-state index is 0.149. The van der Waals surface area contributed by atoms with Crippen molar-refractivity contribution in [1.29, 1.82) is 0 Å². The number of hydrogen-bond acceptors (Lipinski definition) is 7. The molecule has 35 heavy (non-hydrogen) atoms. The van der Waals surface area contributed by atoms with Gasteiger partial charge in [0.15, 0.2) is 0 Å². The second kappa shape index (κ2) is 9.59. The van der Waals surface area contributed by atoms with Crippen LogP contribution in [0.15, 0.2) is 48.5 Å². The predicted octanol–water partition coefficient (Wildman–Crippen LogP) is 4.99. The number of fused-ring (bicyclic) bond motifs is 3. The van der Waals surface area contributed by atoms with Gasteiger partial charge in [0.2, 0.25) is 0 Å². The summed E-state index contributed by atoms with van der Waals surface area (Å²) in [6.45, 7) is 3.05. The van der Waals surface area contributed by atoms with E-state index < -0.39 is 12.1 Å². The summed E-state index contributed by atoms with van der Waals surface area (Å²) in [5.74, 6) is -0.240. The first-order valence-corrected chi connectivity index (χ1v) is 12.3. The third-order valence-corrected chi connectivity index (χ3v) is 7.26. The van der Waals surface area contributed by atoms with E-state index in [0.29, 0.717) is 48.0 Å². The first-order valence-electron chi connectivity index (χ1n) is 11.1. The minimum atomic E-state index is -0.482. The van der Waals surface area contributed by atoms with Crippen LogP contribution in [0.2, 0.25) is 5.02 Å². The molecule has 0 fully saturated rings. The normalized spacial score (nSPS) is 16.5. The molecule has 3 heterocycles. The number of benzene rings is 2. The maximum atomic E-state index is 13.0. The average molecular weight is 512 g/mol. The van der Waals surface area contributed by atoms with Crippen LogP contribution in [0.3, 0.4) is 0 Å². The van der Waals surface area contributed by atoms with Crippen molar-refractivity contribution in [1.82, 2.24) is 10.2 Å². The topological polar surface area (TPSA) is 97.0 Å². The molecular formula is C25H22ClN3O5S. The van der Waals surface area contributed by atoms with E-state index >= 15 is 0 Å². The number of esters is 1. The van der Waals surface area contributed by atoms with E-state index in [4.69, 9.17) is 21.1 Å². The van der Waals surface area contributed by atoms with E-state index in [-0.39, 0.29) is 12.0 Å². The Kier molecular flexibility index (Phi) is 6.36. The molecule has 0 saturated heterocycles. The predicted molar refractivity (Wildman–Crippen MR) is 132 cm³/mol. The highest BCUT2D eigenvalue weighted by molar-refractivity contribution is 7.16. The minimum Gasteiger partial charge on any atom is -0.450 e. The molecule has 2 aliphatic rings. The van der Waals surface area contributed by atoms with Crippen LogP contribution < -0.4 is 15.4 Å². The van der Waals surface area contributed by atoms with E-state index in [1.54, 1.807) is 60.4 Å². The summed E-state index contributed by atoms with van der Waals surface area (Å²) in [7, 11) is 0. The van der Waals surface area contributed by atoms with Crippen molar-refractivity contribution in [2.24, 2.45) is 0 Å². The second-order valence-electron chi connectivity index (χ2n) is 8.09. The van der Waals surface area contributed by atoms with Crippen molar-refractivity contribution in [3.05, 3.63) is 80.7 Å². The van der Waals surface area contributed by atoms with Crippen LogP contribution in [0, 0.1) is 0 Å². The first-order chi connectivity index (χ1) is 16.9. The molecule has 2 aromatic carbocycles. The van der Waals surface area contributed by atoms with E-state index in [2.05, 4.69) is 10.6 Å². The lowest BCUT2D eigenvalue weighted by molar-refractivity contribution is 0.0734. The summed E-state index contributed by atoms with van der Waals surface area (Å²) in [5, 5.41) is 7.72. The number of halogens is 1. The van der Waals surface area contributed by atoms with Gasteiger partial charge in [-0.15, -0.1) is 11.3 Å². The maximum absolute atomic E-state index is 13.0. The Bertz CT molecular complexity index is 1290. The third kappa shape index (κ3) is 4.69.